The van der Waals surface area contributed by atoms with Crippen LogP contribution < -0.4 is 25.0 Å². The maximum atomic E-state index is 14.1. The highest BCUT2D eigenvalue weighted by Crippen LogP contribution is 2.26. The lowest BCUT2D eigenvalue weighted by Gasteiger charge is -2.19. The van der Waals surface area contributed by atoms with Crippen molar-refractivity contribution in [3.63, 3.8) is 0 Å². The molecule has 2 aromatic carbocycles. The molecule has 8 heteroatoms. The highest BCUT2D eigenvalue weighted by molar-refractivity contribution is 14.0. The van der Waals surface area contributed by atoms with Crippen LogP contribution in [0.1, 0.15) is 12.5 Å². The van der Waals surface area contributed by atoms with Crippen molar-refractivity contribution in [2.75, 3.05) is 39.7 Å². The molecule has 2 rings (SSSR count). The number of ether oxygens (including phenoxy) is 2. The fourth-order valence-corrected chi connectivity index (χ4v) is 2.64. The number of hydrogen-bond donors (Lipinski definition) is 2. The molecule has 2 N–H and O–H groups in total. The molecule has 0 aromatic heterocycles. The molecule has 29 heavy (non-hydrogen) atoms. The van der Waals surface area contributed by atoms with Crippen LogP contribution >= 0.6 is 24.0 Å². The van der Waals surface area contributed by atoms with Gasteiger partial charge in [0.2, 0.25) is 0 Å². The molecule has 0 amide bonds. The van der Waals surface area contributed by atoms with Gasteiger partial charge in [0.15, 0.2) is 17.5 Å². The first-order valence-corrected chi connectivity index (χ1v) is 9.14. The van der Waals surface area contributed by atoms with Gasteiger partial charge in [-0.1, -0.05) is 18.2 Å². The van der Waals surface area contributed by atoms with Crippen LogP contribution in [0.15, 0.2) is 47.5 Å². The first kappa shape index (κ1) is 24.8. The molecular weight excluding hydrogens is 486 g/mol. The number of aliphatic imine (C=N–C) groups is 1. The van der Waals surface area contributed by atoms with E-state index in [1.165, 1.54) is 6.07 Å². The number of hydrogen-bond acceptors (Lipinski definition) is 4. The lowest BCUT2D eigenvalue weighted by atomic mass is 10.2. The van der Waals surface area contributed by atoms with Gasteiger partial charge in [0, 0.05) is 27.7 Å². The molecule has 0 radical (unpaired) electrons. The molecule has 0 fully saturated rings. The number of nitrogens with one attached hydrogen (secondary N) is 2. The van der Waals surface area contributed by atoms with E-state index in [1.54, 1.807) is 25.1 Å². The number of benzene rings is 2. The van der Waals surface area contributed by atoms with Crippen LogP contribution in [0, 0.1) is 5.82 Å². The Morgan fingerprint density at radius 2 is 1.83 bits per heavy atom. The number of rotatable bonds is 8. The molecule has 0 aliphatic heterocycles. The molecule has 6 nitrogen and oxygen atoms in total. The number of guanidine groups is 1. The van der Waals surface area contributed by atoms with E-state index in [0.717, 1.165) is 5.56 Å². The summed E-state index contributed by atoms with van der Waals surface area (Å²) < 4.78 is 25.3. The van der Waals surface area contributed by atoms with Crippen molar-refractivity contribution in [1.82, 2.24) is 10.6 Å². The number of para-hydroxylation sites is 2. The van der Waals surface area contributed by atoms with Crippen molar-refractivity contribution >= 4 is 35.6 Å². The zero-order valence-corrected chi connectivity index (χ0v) is 19.9. The normalized spacial score (nSPS) is 11.9. The largest absolute Gasteiger partial charge is 0.493 e. The van der Waals surface area contributed by atoms with Gasteiger partial charge in [-0.05, 0) is 36.8 Å². The summed E-state index contributed by atoms with van der Waals surface area (Å²) in [6.07, 6.45) is -0.105. The zero-order valence-electron chi connectivity index (χ0n) is 17.5. The van der Waals surface area contributed by atoms with Crippen molar-refractivity contribution in [3.8, 4) is 11.5 Å². The fraction of sp³-hybridized carbons (Fsp3) is 0.381. The third-order valence-corrected chi connectivity index (χ3v) is 4.13. The molecule has 2 aromatic rings. The molecule has 0 spiro atoms. The molecule has 0 heterocycles. The standard InChI is InChI=1S/C21H29FN4O2.HI/c1-15(28-20-9-7-6-8-19(20)27-5)13-24-21(23-2)25-14-16-10-11-18(26(3)4)17(22)12-16;/h6-12,15H,13-14H2,1-5H3,(H2,23,24,25);1H. The van der Waals surface area contributed by atoms with Crippen LogP contribution in [0.25, 0.3) is 0 Å². The summed E-state index contributed by atoms with van der Waals surface area (Å²) in [4.78, 5) is 5.94. The maximum Gasteiger partial charge on any atom is 0.191 e. The van der Waals surface area contributed by atoms with Gasteiger partial charge >= 0.3 is 0 Å². The molecule has 0 saturated carbocycles. The second-order valence-electron chi connectivity index (χ2n) is 6.57. The Balaban J connectivity index is 0.00000420. The minimum atomic E-state index is -0.244. The molecule has 160 valence electrons. The Labute approximate surface area is 189 Å². The average molecular weight is 516 g/mol. The van der Waals surface area contributed by atoms with Gasteiger partial charge in [-0.25, -0.2) is 4.39 Å². The van der Waals surface area contributed by atoms with Gasteiger partial charge in [0.25, 0.3) is 0 Å². The van der Waals surface area contributed by atoms with Crippen LogP contribution in [0.4, 0.5) is 10.1 Å². The summed E-state index contributed by atoms with van der Waals surface area (Å²) in [5, 5.41) is 6.39. The van der Waals surface area contributed by atoms with Crippen molar-refractivity contribution in [2.24, 2.45) is 4.99 Å². The minimum absolute atomic E-state index is 0. The number of anilines is 1. The van der Waals surface area contributed by atoms with E-state index < -0.39 is 0 Å². The first-order chi connectivity index (χ1) is 13.4. The lowest BCUT2D eigenvalue weighted by Crippen LogP contribution is -2.41. The average Bonchev–Trinajstić information content (AvgIpc) is 2.68. The van der Waals surface area contributed by atoms with E-state index in [-0.39, 0.29) is 35.9 Å². The number of nitrogens with zero attached hydrogens (tertiary/aromatic N) is 2. The van der Waals surface area contributed by atoms with Crippen molar-refractivity contribution in [3.05, 3.63) is 53.8 Å². The molecule has 0 saturated heterocycles. The molecule has 1 atom stereocenters. The predicted molar refractivity (Wildman–Crippen MR) is 127 cm³/mol. The molecule has 0 bridgehead atoms. The van der Waals surface area contributed by atoms with Crippen molar-refractivity contribution in [2.45, 2.75) is 19.6 Å². The van der Waals surface area contributed by atoms with Crippen LogP contribution in [0.5, 0.6) is 11.5 Å². The van der Waals surface area contributed by atoms with Gasteiger partial charge in [-0.15, -0.1) is 24.0 Å². The van der Waals surface area contributed by atoms with Crippen LogP contribution in [0.3, 0.4) is 0 Å². The number of methoxy groups -OCH3 is 1. The SMILES string of the molecule is CN=C(NCc1ccc(N(C)C)c(F)c1)NCC(C)Oc1ccccc1OC.I. The summed E-state index contributed by atoms with van der Waals surface area (Å²) >= 11 is 0. The Hall–Kier alpha value is -2.23. The number of halogens is 2. The summed E-state index contributed by atoms with van der Waals surface area (Å²) in [6.45, 7) is 2.97. The summed E-state index contributed by atoms with van der Waals surface area (Å²) in [6, 6.07) is 12.7. The second-order valence-corrected chi connectivity index (χ2v) is 6.57. The van der Waals surface area contributed by atoms with Gasteiger partial charge in [0.1, 0.15) is 11.9 Å². The van der Waals surface area contributed by atoms with Gasteiger partial charge in [-0.2, -0.15) is 0 Å². The Kier molecular flexibility index (Phi) is 10.6. The van der Waals surface area contributed by atoms with E-state index in [0.29, 0.717) is 36.2 Å². The molecule has 0 aliphatic carbocycles. The third kappa shape index (κ3) is 7.60. The molecular formula is C21H30FIN4O2. The quantitative estimate of drug-likeness (QED) is 0.319. The van der Waals surface area contributed by atoms with Crippen LogP contribution in [0.2, 0.25) is 0 Å². The van der Waals surface area contributed by atoms with Gasteiger partial charge in [0.05, 0.1) is 19.3 Å². The van der Waals surface area contributed by atoms with Gasteiger partial charge < -0.3 is 25.0 Å². The molecule has 0 aliphatic rings. The maximum absolute atomic E-state index is 14.1. The topological polar surface area (TPSA) is 58.1 Å². The highest BCUT2D eigenvalue weighted by Gasteiger charge is 2.10. The second kappa shape index (κ2) is 12.4. The van der Waals surface area contributed by atoms with E-state index in [1.807, 2.05) is 51.4 Å². The predicted octanol–water partition coefficient (Wildman–Crippen LogP) is 3.65. The fourth-order valence-electron chi connectivity index (χ4n) is 2.64. The van der Waals surface area contributed by atoms with Crippen molar-refractivity contribution < 1.29 is 13.9 Å². The van der Waals surface area contributed by atoms with E-state index >= 15 is 0 Å². The monoisotopic (exact) mass is 516 g/mol. The Bertz CT molecular complexity index is 802. The van der Waals surface area contributed by atoms with E-state index in [4.69, 9.17) is 9.47 Å². The Morgan fingerprint density at radius 1 is 1.14 bits per heavy atom. The summed E-state index contributed by atoms with van der Waals surface area (Å²) in [5.74, 6) is 1.76. The summed E-state index contributed by atoms with van der Waals surface area (Å²) in [7, 11) is 6.94. The minimum Gasteiger partial charge on any atom is -0.493 e. The first-order valence-electron chi connectivity index (χ1n) is 9.14. The summed E-state index contributed by atoms with van der Waals surface area (Å²) in [5.41, 5.74) is 1.40. The van der Waals surface area contributed by atoms with Crippen molar-refractivity contribution in [1.29, 1.82) is 0 Å². The van der Waals surface area contributed by atoms with Gasteiger partial charge in [-0.3, -0.25) is 4.99 Å². The Morgan fingerprint density at radius 3 is 2.41 bits per heavy atom. The lowest BCUT2D eigenvalue weighted by molar-refractivity contribution is 0.213. The van der Waals surface area contributed by atoms with E-state index in [9.17, 15) is 4.39 Å². The van der Waals surface area contributed by atoms with Crippen LogP contribution in [-0.4, -0.2) is 46.9 Å². The smallest absolute Gasteiger partial charge is 0.191 e. The third-order valence-electron chi connectivity index (χ3n) is 4.13. The van der Waals surface area contributed by atoms with Crippen LogP contribution in [-0.2, 0) is 6.54 Å². The highest BCUT2D eigenvalue weighted by atomic mass is 127. The molecule has 1 unspecified atom stereocenters. The zero-order chi connectivity index (χ0) is 20.5. The van der Waals surface area contributed by atoms with E-state index in [2.05, 4.69) is 15.6 Å².